The summed E-state index contributed by atoms with van der Waals surface area (Å²) in [6, 6.07) is 13.0. The van der Waals surface area contributed by atoms with Crippen LogP contribution in [0.3, 0.4) is 0 Å². The Morgan fingerprint density at radius 1 is 0.641 bits per heavy atom. The number of ether oxygens (including phenoxy) is 1. The minimum Gasteiger partial charge on any atom is -0.494 e. The van der Waals surface area contributed by atoms with Crippen molar-refractivity contribution in [3.05, 3.63) is 48.2 Å². The minimum atomic E-state index is 0.838. The number of hydrogen-bond donors (Lipinski definition) is 0. The lowest BCUT2D eigenvalue weighted by atomic mass is 9.74. The van der Waals surface area contributed by atoms with E-state index in [1.165, 1.54) is 140 Å². The standard InChI is InChI=1S/C37H59NO/c1-3-5-7-9-10-11-13-14-19-32-24-29-37(38-31-32)35-25-27-36(28-26-35)39-30-18-23-34-22-17-16-21-33(34)20-15-12-8-6-4-2/h24-29,31,33-34H,3-23,30H2,1-2H3. The Balaban J connectivity index is 1.31. The number of aromatic nitrogens is 1. The fourth-order valence-electron chi connectivity index (χ4n) is 6.52. The molecule has 2 aromatic rings. The average Bonchev–Trinajstić information content (AvgIpc) is 2.98. The Bertz CT molecular complexity index is 843. The maximum Gasteiger partial charge on any atom is 0.119 e. The highest BCUT2D eigenvalue weighted by atomic mass is 16.5. The van der Waals surface area contributed by atoms with Gasteiger partial charge >= 0.3 is 0 Å². The summed E-state index contributed by atoms with van der Waals surface area (Å²) < 4.78 is 6.14. The summed E-state index contributed by atoms with van der Waals surface area (Å²) in [4.78, 5) is 4.76. The van der Waals surface area contributed by atoms with E-state index < -0.39 is 0 Å². The van der Waals surface area contributed by atoms with Gasteiger partial charge in [-0.2, -0.15) is 0 Å². The van der Waals surface area contributed by atoms with Crippen LogP contribution in [-0.4, -0.2) is 11.6 Å². The van der Waals surface area contributed by atoms with Gasteiger partial charge in [0.15, 0.2) is 0 Å². The van der Waals surface area contributed by atoms with Crippen LogP contribution in [0.4, 0.5) is 0 Å². The molecule has 218 valence electrons. The molecule has 0 aliphatic heterocycles. The molecule has 2 nitrogen and oxygen atoms in total. The molecule has 0 spiro atoms. The molecular formula is C37H59NO. The molecule has 0 radical (unpaired) electrons. The molecule has 1 aromatic carbocycles. The average molecular weight is 534 g/mol. The molecule has 1 saturated carbocycles. The highest BCUT2D eigenvalue weighted by Crippen LogP contribution is 2.36. The van der Waals surface area contributed by atoms with Crippen LogP contribution in [0.5, 0.6) is 5.75 Å². The normalized spacial score (nSPS) is 17.4. The van der Waals surface area contributed by atoms with Gasteiger partial charge in [-0.25, -0.2) is 0 Å². The van der Waals surface area contributed by atoms with Crippen LogP contribution in [0.1, 0.15) is 148 Å². The van der Waals surface area contributed by atoms with Crippen LogP contribution in [0, 0.1) is 11.8 Å². The Labute approximate surface area is 241 Å². The van der Waals surface area contributed by atoms with E-state index in [1.807, 2.05) is 0 Å². The SMILES string of the molecule is CCCCCCCCCCc1ccc(-c2ccc(OCCCC3CCCCC3CCCCCCC)cc2)nc1. The molecule has 2 heteroatoms. The van der Waals surface area contributed by atoms with Crippen molar-refractivity contribution < 1.29 is 4.74 Å². The van der Waals surface area contributed by atoms with Crippen molar-refractivity contribution in [2.75, 3.05) is 6.61 Å². The third-order valence-corrected chi connectivity index (χ3v) is 9.03. The fraction of sp³-hybridized carbons (Fsp3) is 0.703. The predicted molar refractivity (Wildman–Crippen MR) is 170 cm³/mol. The van der Waals surface area contributed by atoms with E-state index in [0.29, 0.717) is 0 Å². The highest BCUT2D eigenvalue weighted by Gasteiger charge is 2.24. The molecule has 0 saturated heterocycles. The summed E-state index contributed by atoms with van der Waals surface area (Å²) >= 11 is 0. The fourth-order valence-corrected chi connectivity index (χ4v) is 6.52. The number of pyridine rings is 1. The number of aryl methyl sites for hydroxylation is 1. The molecule has 2 atom stereocenters. The summed E-state index contributed by atoms with van der Waals surface area (Å²) in [5, 5.41) is 0. The van der Waals surface area contributed by atoms with Crippen LogP contribution in [0.25, 0.3) is 11.3 Å². The lowest BCUT2D eigenvalue weighted by Gasteiger charge is -2.31. The summed E-state index contributed by atoms with van der Waals surface area (Å²) in [7, 11) is 0. The van der Waals surface area contributed by atoms with Crippen molar-refractivity contribution in [1.82, 2.24) is 4.98 Å². The first-order valence-corrected chi connectivity index (χ1v) is 17.0. The van der Waals surface area contributed by atoms with Gasteiger partial charge in [0.2, 0.25) is 0 Å². The number of hydrogen-bond acceptors (Lipinski definition) is 2. The van der Waals surface area contributed by atoms with Crippen LogP contribution in [-0.2, 0) is 6.42 Å². The molecule has 2 unspecified atom stereocenters. The summed E-state index contributed by atoms with van der Waals surface area (Å²) in [6.45, 7) is 5.43. The van der Waals surface area contributed by atoms with Crippen molar-refractivity contribution in [2.45, 2.75) is 149 Å². The number of unbranched alkanes of at least 4 members (excludes halogenated alkanes) is 11. The Morgan fingerprint density at radius 2 is 1.23 bits per heavy atom. The van der Waals surface area contributed by atoms with Gasteiger partial charge in [-0.05, 0) is 73.4 Å². The summed E-state index contributed by atoms with van der Waals surface area (Å²) in [5.74, 6) is 2.89. The van der Waals surface area contributed by atoms with Crippen molar-refractivity contribution >= 4 is 0 Å². The molecule has 39 heavy (non-hydrogen) atoms. The molecule has 1 heterocycles. The van der Waals surface area contributed by atoms with Crippen LogP contribution in [0.15, 0.2) is 42.6 Å². The second kappa shape index (κ2) is 20.1. The molecule has 1 fully saturated rings. The van der Waals surface area contributed by atoms with E-state index in [4.69, 9.17) is 9.72 Å². The van der Waals surface area contributed by atoms with Crippen LogP contribution in [0.2, 0.25) is 0 Å². The Hall–Kier alpha value is -1.83. The first-order valence-electron chi connectivity index (χ1n) is 17.0. The molecule has 0 N–H and O–H groups in total. The third-order valence-electron chi connectivity index (χ3n) is 9.03. The van der Waals surface area contributed by atoms with Gasteiger partial charge in [0.1, 0.15) is 5.75 Å². The molecule has 1 aliphatic carbocycles. The predicted octanol–water partition coefficient (Wildman–Crippen LogP) is 11.8. The van der Waals surface area contributed by atoms with E-state index in [-0.39, 0.29) is 0 Å². The monoisotopic (exact) mass is 533 g/mol. The molecule has 0 amide bonds. The van der Waals surface area contributed by atoms with Gasteiger partial charge in [-0.3, -0.25) is 4.98 Å². The molecule has 0 bridgehead atoms. The van der Waals surface area contributed by atoms with E-state index >= 15 is 0 Å². The second-order valence-electron chi connectivity index (χ2n) is 12.3. The van der Waals surface area contributed by atoms with Crippen molar-refractivity contribution in [2.24, 2.45) is 11.8 Å². The third kappa shape index (κ3) is 12.9. The Morgan fingerprint density at radius 3 is 1.85 bits per heavy atom. The Kier molecular flexibility index (Phi) is 16.3. The number of rotatable bonds is 21. The maximum atomic E-state index is 6.14. The zero-order valence-electron chi connectivity index (χ0n) is 25.6. The second-order valence-corrected chi connectivity index (χ2v) is 12.3. The number of nitrogens with zero attached hydrogens (tertiary/aromatic N) is 1. The summed E-state index contributed by atoms with van der Waals surface area (Å²) in [6.07, 6.45) is 31.0. The van der Waals surface area contributed by atoms with Crippen molar-refractivity contribution in [1.29, 1.82) is 0 Å². The smallest absolute Gasteiger partial charge is 0.119 e. The van der Waals surface area contributed by atoms with E-state index in [0.717, 1.165) is 36.3 Å². The highest BCUT2D eigenvalue weighted by molar-refractivity contribution is 5.60. The van der Waals surface area contributed by atoms with Gasteiger partial charge in [0.25, 0.3) is 0 Å². The zero-order valence-corrected chi connectivity index (χ0v) is 25.6. The lowest BCUT2D eigenvalue weighted by Crippen LogP contribution is -2.20. The number of benzene rings is 1. The van der Waals surface area contributed by atoms with Gasteiger partial charge < -0.3 is 4.74 Å². The first-order chi connectivity index (χ1) is 19.3. The molecule has 3 rings (SSSR count). The minimum absolute atomic E-state index is 0.838. The van der Waals surface area contributed by atoms with Crippen molar-refractivity contribution in [3.8, 4) is 17.0 Å². The quantitative estimate of drug-likeness (QED) is 0.149. The van der Waals surface area contributed by atoms with Gasteiger partial charge in [-0.15, -0.1) is 0 Å². The van der Waals surface area contributed by atoms with Crippen LogP contribution < -0.4 is 4.74 Å². The van der Waals surface area contributed by atoms with Gasteiger partial charge in [-0.1, -0.05) is 129 Å². The zero-order chi connectivity index (χ0) is 27.4. The molecular weight excluding hydrogens is 474 g/mol. The topological polar surface area (TPSA) is 22.1 Å². The van der Waals surface area contributed by atoms with Crippen LogP contribution >= 0.6 is 0 Å². The molecule has 1 aromatic heterocycles. The maximum absolute atomic E-state index is 6.14. The van der Waals surface area contributed by atoms with Gasteiger partial charge in [0, 0.05) is 11.8 Å². The summed E-state index contributed by atoms with van der Waals surface area (Å²) in [5.41, 5.74) is 3.59. The van der Waals surface area contributed by atoms with Crippen molar-refractivity contribution in [3.63, 3.8) is 0 Å². The van der Waals surface area contributed by atoms with E-state index in [1.54, 1.807) is 0 Å². The van der Waals surface area contributed by atoms with Gasteiger partial charge in [0.05, 0.1) is 12.3 Å². The molecule has 1 aliphatic rings. The first kappa shape index (κ1) is 31.7. The van der Waals surface area contributed by atoms with E-state index in [9.17, 15) is 0 Å². The largest absolute Gasteiger partial charge is 0.494 e. The lowest BCUT2D eigenvalue weighted by molar-refractivity contribution is 0.190. The van der Waals surface area contributed by atoms with E-state index in [2.05, 4.69) is 56.4 Å².